The Balaban J connectivity index is 1.54. The summed E-state index contributed by atoms with van der Waals surface area (Å²) in [6.45, 7) is 1.02. The van der Waals surface area contributed by atoms with Crippen molar-refractivity contribution in [1.29, 1.82) is 0 Å². The normalized spacial score (nSPS) is 10.6. The molecule has 0 radical (unpaired) electrons. The summed E-state index contributed by atoms with van der Waals surface area (Å²) in [4.78, 5) is 0. The number of aromatic nitrogens is 2. The van der Waals surface area contributed by atoms with Gasteiger partial charge in [0.05, 0.1) is 18.4 Å². The van der Waals surface area contributed by atoms with Crippen LogP contribution in [-0.2, 0) is 13.1 Å². The lowest BCUT2D eigenvalue weighted by molar-refractivity contribution is 0.624. The fraction of sp³-hybridized carbons (Fsp3) is 0.111. The Bertz CT molecular complexity index is 912. The van der Waals surface area contributed by atoms with Crippen molar-refractivity contribution >= 4 is 46.2 Å². The van der Waals surface area contributed by atoms with Crippen molar-refractivity contribution in [2.45, 2.75) is 13.1 Å². The van der Waals surface area contributed by atoms with E-state index in [1.54, 1.807) is 23.1 Å². The molecule has 1 aromatic heterocycles. The van der Waals surface area contributed by atoms with Crippen LogP contribution in [0, 0.1) is 5.82 Å². The van der Waals surface area contributed by atoms with Gasteiger partial charge in [0.15, 0.2) is 5.11 Å². The van der Waals surface area contributed by atoms with Gasteiger partial charge in [-0.05, 0) is 47.6 Å². The molecule has 0 unspecified atom stereocenters. The van der Waals surface area contributed by atoms with Gasteiger partial charge in [-0.3, -0.25) is 4.68 Å². The van der Waals surface area contributed by atoms with Crippen LogP contribution in [0.3, 0.4) is 0 Å². The molecule has 0 amide bonds. The number of hydrogen-bond acceptors (Lipinski definition) is 2. The molecule has 0 saturated carbocycles. The van der Waals surface area contributed by atoms with Crippen LogP contribution in [0.5, 0.6) is 0 Å². The van der Waals surface area contributed by atoms with Crippen LogP contribution < -0.4 is 10.6 Å². The van der Waals surface area contributed by atoms with Gasteiger partial charge in [-0.25, -0.2) is 4.39 Å². The number of thiocarbonyl (C=S) groups is 1. The molecule has 3 rings (SSSR count). The number of anilines is 1. The molecule has 0 fully saturated rings. The van der Waals surface area contributed by atoms with Gasteiger partial charge in [0.25, 0.3) is 0 Å². The zero-order chi connectivity index (χ0) is 18.5. The monoisotopic (exact) mass is 408 g/mol. The first-order chi connectivity index (χ1) is 12.5. The van der Waals surface area contributed by atoms with Gasteiger partial charge in [0.1, 0.15) is 5.82 Å². The molecule has 4 nitrogen and oxygen atoms in total. The van der Waals surface area contributed by atoms with Crippen LogP contribution in [0.4, 0.5) is 10.1 Å². The Morgan fingerprint density at radius 2 is 1.92 bits per heavy atom. The lowest BCUT2D eigenvalue weighted by atomic mass is 10.2. The molecule has 134 valence electrons. The molecule has 0 aliphatic heterocycles. The molecular weight excluding hydrogens is 394 g/mol. The number of nitrogens with zero attached hydrogens (tertiary/aromatic N) is 2. The predicted molar refractivity (Wildman–Crippen MR) is 107 cm³/mol. The minimum atomic E-state index is -0.362. The summed E-state index contributed by atoms with van der Waals surface area (Å²) in [5.41, 5.74) is 2.60. The van der Waals surface area contributed by atoms with Crippen LogP contribution in [0.2, 0.25) is 10.0 Å². The second kappa shape index (κ2) is 8.49. The SMILES string of the molecule is Fc1ccc(Cn2cc(NC(=S)NCc3ccc(Cl)cc3)cn2)c(Cl)c1. The van der Waals surface area contributed by atoms with Gasteiger partial charge in [-0.2, -0.15) is 5.10 Å². The lowest BCUT2D eigenvalue weighted by Gasteiger charge is -2.09. The van der Waals surface area contributed by atoms with E-state index in [1.807, 2.05) is 24.3 Å². The van der Waals surface area contributed by atoms with Crippen molar-refractivity contribution in [1.82, 2.24) is 15.1 Å². The summed E-state index contributed by atoms with van der Waals surface area (Å²) in [7, 11) is 0. The third kappa shape index (κ3) is 5.17. The molecule has 0 bridgehead atoms. The van der Waals surface area contributed by atoms with Gasteiger partial charge >= 0.3 is 0 Å². The summed E-state index contributed by atoms with van der Waals surface area (Å²) >= 11 is 17.2. The Morgan fingerprint density at radius 1 is 1.15 bits per heavy atom. The second-order valence-electron chi connectivity index (χ2n) is 5.60. The summed E-state index contributed by atoms with van der Waals surface area (Å²) < 4.78 is 14.8. The molecular formula is C18H15Cl2FN4S. The highest BCUT2D eigenvalue weighted by Gasteiger charge is 2.06. The molecule has 0 spiro atoms. The molecule has 2 N–H and O–H groups in total. The average Bonchev–Trinajstić information content (AvgIpc) is 3.04. The van der Waals surface area contributed by atoms with Crippen molar-refractivity contribution in [2.75, 3.05) is 5.32 Å². The van der Waals surface area contributed by atoms with Gasteiger partial charge < -0.3 is 10.6 Å². The standard InChI is InChI=1S/C18H15Cl2FN4S/c19-14-4-1-12(2-5-14)8-22-18(26)24-16-9-23-25(11-16)10-13-3-6-15(21)7-17(13)20/h1-7,9,11H,8,10H2,(H2,22,24,26). The topological polar surface area (TPSA) is 41.9 Å². The number of rotatable bonds is 5. The number of nitrogens with one attached hydrogen (secondary N) is 2. The highest BCUT2D eigenvalue weighted by atomic mass is 35.5. The number of hydrogen-bond donors (Lipinski definition) is 2. The zero-order valence-electron chi connectivity index (χ0n) is 13.5. The van der Waals surface area contributed by atoms with Crippen LogP contribution in [-0.4, -0.2) is 14.9 Å². The highest BCUT2D eigenvalue weighted by molar-refractivity contribution is 7.80. The Morgan fingerprint density at radius 3 is 2.65 bits per heavy atom. The van der Waals surface area contributed by atoms with E-state index < -0.39 is 0 Å². The highest BCUT2D eigenvalue weighted by Crippen LogP contribution is 2.18. The largest absolute Gasteiger partial charge is 0.358 e. The fourth-order valence-electron chi connectivity index (χ4n) is 2.30. The van der Waals surface area contributed by atoms with Crippen molar-refractivity contribution in [3.05, 3.63) is 81.8 Å². The molecule has 1 heterocycles. The van der Waals surface area contributed by atoms with Crippen LogP contribution in [0.15, 0.2) is 54.9 Å². The van der Waals surface area contributed by atoms with E-state index in [9.17, 15) is 4.39 Å². The summed E-state index contributed by atoms with van der Waals surface area (Å²) in [5, 5.41) is 12.0. The van der Waals surface area contributed by atoms with Gasteiger partial charge in [-0.15, -0.1) is 0 Å². The maximum absolute atomic E-state index is 13.1. The zero-order valence-corrected chi connectivity index (χ0v) is 15.9. The van der Waals surface area contributed by atoms with Crippen LogP contribution >= 0.6 is 35.4 Å². The Kier molecular flexibility index (Phi) is 6.08. The summed E-state index contributed by atoms with van der Waals surface area (Å²) in [6.07, 6.45) is 3.46. The molecule has 0 aliphatic rings. The predicted octanol–water partition coefficient (Wildman–Crippen LogP) is 4.86. The molecule has 0 atom stereocenters. The fourth-order valence-corrected chi connectivity index (χ4v) is 2.84. The van der Waals surface area contributed by atoms with E-state index in [4.69, 9.17) is 35.4 Å². The van der Waals surface area contributed by atoms with E-state index in [-0.39, 0.29) is 5.82 Å². The first-order valence-corrected chi connectivity index (χ1v) is 8.92. The van der Waals surface area contributed by atoms with Crippen molar-refractivity contribution < 1.29 is 4.39 Å². The Hall–Kier alpha value is -2.15. The Labute approximate surface area is 165 Å². The molecule has 8 heteroatoms. The van der Waals surface area contributed by atoms with E-state index in [1.165, 1.54) is 12.1 Å². The first-order valence-electron chi connectivity index (χ1n) is 7.75. The van der Waals surface area contributed by atoms with Gasteiger partial charge in [-0.1, -0.05) is 41.4 Å². The van der Waals surface area contributed by atoms with E-state index >= 15 is 0 Å². The van der Waals surface area contributed by atoms with Crippen LogP contribution in [0.25, 0.3) is 0 Å². The summed E-state index contributed by atoms with van der Waals surface area (Å²) in [6, 6.07) is 11.8. The number of benzene rings is 2. The van der Waals surface area contributed by atoms with Crippen molar-refractivity contribution in [2.24, 2.45) is 0 Å². The quantitative estimate of drug-likeness (QED) is 0.591. The molecule has 0 aliphatic carbocycles. The minimum absolute atomic E-state index is 0.362. The van der Waals surface area contributed by atoms with Crippen molar-refractivity contribution in [3.63, 3.8) is 0 Å². The molecule has 2 aromatic carbocycles. The third-order valence-electron chi connectivity index (χ3n) is 3.60. The molecule has 3 aromatic rings. The number of halogens is 3. The second-order valence-corrected chi connectivity index (χ2v) is 6.85. The molecule has 0 saturated heterocycles. The van der Waals surface area contributed by atoms with Crippen molar-refractivity contribution in [3.8, 4) is 0 Å². The smallest absolute Gasteiger partial charge is 0.171 e. The first kappa shape index (κ1) is 18.6. The van der Waals surface area contributed by atoms with Crippen LogP contribution in [0.1, 0.15) is 11.1 Å². The average molecular weight is 409 g/mol. The van der Waals surface area contributed by atoms with E-state index in [0.717, 1.165) is 16.8 Å². The van der Waals surface area contributed by atoms with Gasteiger partial charge in [0.2, 0.25) is 0 Å². The molecule has 26 heavy (non-hydrogen) atoms. The minimum Gasteiger partial charge on any atom is -0.358 e. The summed E-state index contributed by atoms with van der Waals surface area (Å²) in [5.74, 6) is -0.362. The maximum atomic E-state index is 13.1. The lowest BCUT2D eigenvalue weighted by Crippen LogP contribution is -2.27. The van der Waals surface area contributed by atoms with E-state index in [2.05, 4.69) is 15.7 Å². The van der Waals surface area contributed by atoms with E-state index in [0.29, 0.717) is 28.2 Å². The third-order valence-corrected chi connectivity index (χ3v) is 4.46. The maximum Gasteiger partial charge on any atom is 0.171 e. The van der Waals surface area contributed by atoms with Gasteiger partial charge in [0, 0.05) is 22.8 Å².